The largest absolute Gasteiger partial charge is 0.328 e. The Morgan fingerprint density at radius 3 is 2.69 bits per heavy atom. The highest BCUT2D eigenvalue weighted by Crippen LogP contribution is 2.26. The third-order valence-electron chi connectivity index (χ3n) is 4.69. The van der Waals surface area contributed by atoms with Gasteiger partial charge in [0.25, 0.3) is 5.91 Å². The molecule has 0 fully saturated rings. The fourth-order valence-electron chi connectivity index (χ4n) is 3.29. The average Bonchev–Trinajstić information content (AvgIpc) is 3.18. The van der Waals surface area contributed by atoms with Crippen LogP contribution in [-0.2, 0) is 19.6 Å². The van der Waals surface area contributed by atoms with Crippen LogP contribution in [0, 0.1) is 12.7 Å². The van der Waals surface area contributed by atoms with Gasteiger partial charge in [-0.3, -0.25) is 9.48 Å². The fourth-order valence-corrected chi connectivity index (χ4v) is 3.51. The van der Waals surface area contributed by atoms with E-state index >= 15 is 0 Å². The van der Waals surface area contributed by atoms with E-state index in [9.17, 15) is 9.18 Å². The summed E-state index contributed by atoms with van der Waals surface area (Å²) in [6.45, 7) is 3.49. The number of nitrogens with zero attached hydrogens (tertiary/aromatic N) is 3. The number of carbonyl (C=O) groups is 1. The molecule has 4 rings (SSSR count). The maximum atomic E-state index is 13.1. The normalized spacial score (nSPS) is 13.1. The second kappa shape index (κ2) is 6.57. The van der Waals surface area contributed by atoms with Crippen molar-refractivity contribution in [3.05, 3.63) is 87.4 Å². The molecular formula is C20H17ClFN3O. The Hall–Kier alpha value is -2.66. The minimum absolute atomic E-state index is 0.0105. The van der Waals surface area contributed by atoms with Gasteiger partial charge in [0.1, 0.15) is 5.82 Å². The van der Waals surface area contributed by atoms with E-state index in [1.165, 1.54) is 12.1 Å². The first kappa shape index (κ1) is 16.8. The third kappa shape index (κ3) is 3.10. The molecule has 0 saturated carbocycles. The Morgan fingerprint density at radius 2 is 1.96 bits per heavy atom. The molecule has 1 aliphatic heterocycles. The summed E-state index contributed by atoms with van der Waals surface area (Å²) in [6, 6.07) is 11.7. The first-order chi connectivity index (χ1) is 12.5. The zero-order valence-electron chi connectivity index (χ0n) is 14.2. The molecule has 0 saturated heterocycles. The van der Waals surface area contributed by atoms with Crippen molar-refractivity contribution >= 4 is 17.5 Å². The molecular weight excluding hydrogens is 353 g/mol. The van der Waals surface area contributed by atoms with Crippen molar-refractivity contribution in [3.63, 3.8) is 0 Å². The number of carbonyl (C=O) groups excluding carboxylic acids is 1. The van der Waals surface area contributed by atoms with Gasteiger partial charge in [0.05, 0.1) is 25.0 Å². The number of halogens is 2. The molecule has 1 amide bonds. The van der Waals surface area contributed by atoms with E-state index < -0.39 is 0 Å². The highest BCUT2D eigenvalue weighted by atomic mass is 35.5. The molecule has 3 aromatic rings. The molecule has 1 aliphatic rings. The van der Waals surface area contributed by atoms with E-state index in [1.807, 2.05) is 16.5 Å². The minimum atomic E-state index is -0.255. The quantitative estimate of drug-likeness (QED) is 0.694. The molecule has 4 nitrogen and oxygen atoms in total. The van der Waals surface area contributed by atoms with Crippen LogP contribution >= 0.6 is 11.6 Å². The van der Waals surface area contributed by atoms with E-state index in [2.05, 4.69) is 5.10 Å². The summed E-state index contributed by atoms with van der Waals surface area (Å²) >= 11 is 5.98. The van der Waals surface area contributed by atoms with Gasteiger partial charge in [-0.25, -0.2) is 4.39 Å². The van der Waals surface area contributed by atoms with Crippen molar-refractivity contribution in [3.8, 4) is 0 Å². The average molecular weight is 370 g/mol. The predicted molar refractivity (Wildman–Crippen MR) is 97.5 cm³/mol. The van der Waals surface area contributed by atoms with Crippen molar-refractivity contribution in [2.24, 2.45) is 0 Å². The number of benzene rings is 2. The Morgan fingerprint density at radius 1 is 1.19 bits per heavy atom. The highest BCUT2D eigenvalue weighted by Gasteiger charge is 2.28. The lowest BCUT2D eigenvalue weighted by Gasteiger charge is -2.17. The fraction of sp³-hybridized carbons (Fsp3) is 0.200. The van der Waals surface area contributed by atoms with Crippen LogP contribution in [0.25, 0.3) is 0 Å². The van der Waals surface area contributed by atoms with Crippen LogP contribution in [0.2, 0.25) is 5.02 Å². The van der Waals surface area contributed by atoms with E-state index in [4.69, 9.17) is 11.6 Å². The number of aromatic nitrogens is 2. The number of hydrogen-bond acceptors (Lipinski definition) is 2. The van der Waals surface area contributed by atoms with Crippen molar-refractivity contribution < 1.29 is 9.18 Å². The first-order valence-corrected chi connectivity index (χ1v) is 8.72. The second-order valence-electron chi connectivity index (χ2n) is 6.52. The topological polar surface area (TPSA) is 38.1 Å². The third-order valence-corrected chi connectivity index (χ3v) is 4.92. The summed E-state index contributed by atoms with van der Waals surface area (Å²) in [6.07, 6.45) is 1.81. The maximum Gasteiger partial charge on any atom is 0.254 e. The number of hydrogen-bond donors (Lipinski definition) is 0. The summed E-state index contributed by atoms with van der Waals surface area (Å²) < 4.78 is 14.9. The summed E-state index contributed by atoms with van der Waals surface area (Å²) in [4.78, 5) is 14.7. The summed E-state index contributed by atoms with van der Waals surface area (Å²) in [5, 5.41) is 5.04. The van der Waals surface area contributed by atoms with E-state index in [0.717, 1.165) is 22.4 Å². The molecule has 1 aromatic heterocycles. The van der Waals surface area contributed by atoms with Gasteiger partial charge in [-0.2, -0.15) is 5.10 Å². The molecule has 132 valence electrons. The molecule has 0 N–H and O–H groups in total. The first-order valence-electron chi connectivity index (χ1n) is 8.34. The van der Waals surface area contributed by atoms with Crippen molar-refractivity contribution in [1.29, 1.82) is 0 Å². The summed E-state index contributed by atoms with van der Waals surface area (Å²) in [7, 11) is 0. The van der Waals surface area contributed by atoms with E-state index in [1.54, 1.807) is 36.5 Å². The number of rotatable bonds is 3. The molecule has 0 bridgehead atoms. The lowest BCUT2D eigenvalue weighted by molar-refractivity contribution is 0.0747. The molecule has 2 heterocycles. The minimum Gasteiger partial charge on any atom is -0.328 e. The Labute approximate surface area is 155 Å². The van der Waals surface area contributed by atoms with Crippen LogP contribution in [-0.4, -0.2) is 20.6 Å². The SMILES string of the molecule is Cc1cc(Cl)ccc1C(=O)N1Cc2cnn(Cc3ccc(F)cc3)c2C1. The number of amides is 1. The van der Waals surface area contributed by atoms with Gasteiger partial charge < -0.3 is 4.90 Å². The predicted octanol–water partition coefficient (Wildman–Crippen LogP) is 4.19. The lowest BCUT2D eigenvalue weighted by atomic mass is 10.1. The van der Waals surface area contributed by atoms with Gasteiger partial charge in [0.15, 0.2) is 0 Å². The molecule has 0 radical (unpaired) electrons. The highest BCUT2D eigenvalue weighted by molar-refractivity contribution is 6.30. The number of aryl methyl sites for hydroxylation is 1. The van der Waals surface area contributed by atoms with Gasteiger partial charge in [0, 0.05) is 22.7 Å². The maximum absolute atomic E-state index is 13.1. The van der Waals surface area contributed by atoms with Crippen LogP contribution in [0.1, 0.15) is 32.7 Å². The Kier molecular flexibility index (Phi) is 4.24. The summed E-state index contributed by atoms with van der Waals surface area (Å²) in [5.41, 5.74) is 4.57. The molecule has 2 aromatic carbocycles. The van der Waals surface area contributed by atoms with Gasteiger partial charge in [-0.05, 0) is 48.4 Å². The molecule has 0 spiro atoms. The molecule has 26 heavy (non-hydrogen) atoms. The number of fused-ring (bicyclic) bond motifs is 1. The van der Waals surface area contributed by atoms with Gasteiger partial charge >= 0.3 is 0 Å². The van der Waals surface area contributed by atoms with E-state index in [-0.39, 0.29) is 11.7 Å². The lowest BCUT2D eigenvalue weighted by Crippen LogP contribution is -2.27. The second-order valence-corrected chi connectivity index (χ2v) is 6.96. The Bertz CT molecular complexity index is 981. The standard InChI is InChI=1S/C20H17ClFN3O/c1-13-8-16(21)4-7-18(13)20(26)24-11-15-9-23-25(19(15)12-24)10-14-2-5-17(22)6-3-14/h2-9H,10-12H2,1H3. The van der Waals surface area contributed by atoms with Crippen LogP contribution in [0.5, 0.6) is 0 Å². The monoisotopic (exact) mass is 369 g/mol. The molecule has 6 heteroatoms. The van der Waals surface area contributed by atoms with Crippen molar-refractivity contribution in [2.45, 2.75) is 26.6 Å². The zero-order valence-corrected chi connectivity index (χ0v) is 15.0. The van der Waals surface area contributed by atoms with Crippen LogP contribution < -0.4 is 0 Å². The van der Waals surface area contributed by atoms with Gasteiger partial charge in [0.2, 0.25) is 0 Å². The van der Waals surface area contributed by atoms with Crippen molar-refractivity contribution in [1.82, 2.24) is 14.7 Å². The zero-order chi connectivity index (χ0) is 18.3. The Balaban J connectivity index is 1.53. The van der Waals surface area contributed by atoms with Gasteiger partial charge in [-0.15, -0.1) is 0 Å². The smallest absolute Gasteiger partial charge is 0.254 e. The molecule has 0 aliphatic carbocycles. The van der Waals surface area contributed by atoms with Crippen molar-refractivity contribution in [2.75, 3.05) is 0 Å². The van der Waals surface area contributed by atoms with Crippen LogP contribution in [0.15, 0.2) is 48.7 Å². The van der Waals surface area contributed by atoms with Crippen LogP contribution in [0.4, 0.5) is 4.39 Å². The molecule has 0 atom stereocenters. The van der Waals surface area contributed by atoms with E-state index in [0.29, 0.717) is 30.2 Å². The molecule has 0 unspecified atom stereocenters. The van der Waals surface area contributed by atoms with Crippen LogP contribution in [0.3, 0.4) is 0 Å². The summed E-state index contributed by atoms with van der Waals surface area (Å²) in [5.74, 6) is -0.266. The van der Waals surface area contributed by atoms with Gasteiger partial charge in [-0.1, -0.05) is 23.7 Å².